The number of nitrogens with zero attached hydrogens (tertiary/aromatic N) is 1. The molecule has 2 aromatic carbocycles. The molecule has 1 N–H and O–H groups in total. The van der Waals surface area contributed by atoms with E-state index in [-0.39, 0.29) is 24.5 Å². The van der Waals surface area contributed by atoms with Gasteiger partial charge in [-0.25, -0.2) is 0 Å². The van der Waals surface area contributed by atoms with E-state index in [4.69, 9.17) is 33.3 Å². The Morgan fingerprint density at radius 2 is 2.15 bits per heavy atom. The summed E-state index contributed by atoms with van der Waals surface area (Å²) in [6.07, 6.45) is 3.75. The van der Waals surface area contributed by atoms with Crippen LogP contribution in [0.25, 0.3) is 6.08 Å². The van der Waals surface area contributed by atoms with Gasteiger partial charge < -0.3 is 14.8 Å². The molecule has 0 unspecified atom stereocenters. The fourth-order valence-corrected chi connectivity index (χ4v) is 5.33. The summed E-state index contributed by atoms with van der Waals surface area (Å²) in [5.74, 6) is -0.00689. The SMILES string of the molecule is Cc1ccc(NC(=O)COc2ccc(/C=C3\SC(=S)N(C[C@@H]4CCCO4)C3=O)cc2Cl)c(C)c1. The first-order valence-corrected chi connectivity index (χ1v) is 12.6. The largest absolute Gasteiger partial charge is 0.482 e. The van der Waals surface area contributed by atoms with Crippen molar-refractivity contribution in [2.24, 2.45) is 0 Å². The third-order valence-corrected chi connectivity index (χ3v) is 7.23. The second kappa shape index (κ2) is 10.9. The quantitative estimate of drug-likeness (QED) is 0.395. The lowest BCUT2D eigenvalue weighted by Gasteiger charge is -2.18. The maximum atomic E-state index is 12.8. The summed E-state index contributed by atoms with van der Waals surface area (Å²) < 4.78 is 11.8. The molecular weight excluding hydrogens is 492 g/mol. The molecule has 2 aromatic rings. The fourth-order valence-electron chi connectivity index (χ4n) is 3.81. The van der Waals surface area contributed by atoms with Gasteiger partial charge in [0, 0.05) is 12.3 Å². The normalized spacial score (nSPS) is 19.2. The minimum atomic E-state index is -0.276. The van der Waals surface area contributed by atoms with Gasteiger partial charge in [0.05, 0.1) is 22.6 Å². The van der Waals surface area contributed by atoms with Gasteiger partial charge in [-0.2, -0.15) is 0 Å². The highest BCUT2D eigenvalue weighted by Crippen LogP contribution is 2.35. The Kier molecular flexibility index (Phi) is 7.93. The zero-order valence-electron chi connectivity index (χ0n) is 18.9. The number of hydrogen-bond donors (Lipinski definition) is 1. The summed E-state index contributed by atoms with van der Waals surface area (Å²) in [5.41, 5.74) is 3.60. The van der Waals surface area contributed by atoms with Crippen molar-refractivity contribution in [3.8, 4) is 5.75 Å². The lowest BCUT2D eigenvalue weighted by molar-refractivity contribution is -0.123. The van der Waals surface area contributed by atoms with Crippen molar-refractivity contribution in [3.05, 3.63) is 63.0 Å². The molecule has 9 heteroatoms. The van der Waals surface area contributed by atoms with Crippen LogP contribution in [0.1, 0.15) is 29.5 Å². The highest BCUT2D eigenvalue weighted by atomic mass is 35.5. The molecule has 4 rings (SSSR count). The van der Waals surface area contributed by atoms with Crippen LogP contribution >= 0.6 is 35.6 Å². The fraction of sp³-hybridized carbons (Fsp3) is 0.320. The number of thiocarbonyl (C=S) groups is 1. The van der Waals surface area contributed by atoms with Gasteiger partial charge in [0.1, 0.15) is 10.1 Å². The third kappa shape index (κ3) is 5.99. The average Bonchev–Trinajstić information content (AvgIpc) is 3.39. The summed E-state index contributed by atoms with van der Waals surface area (Å²) in [4.78, 5) is 27.3. The Labute approximate surface area is 213 Å². The molecule has 0 spiro atoms. The van der Waals surface area contributed by atoms with Gasteiger partial charge in [-0.05, 0) is 62.1 Å². The van der Waals surface area contributed by atoms with E-state index in [9.17, 15) is 9.59 Å². The van der Waals surface area contributed by atoms with Gasteiger partial charge in [0.2, 0.25) is 0 Å². The van der Waals surface area contributed by atoms with Crippen molar-refractivity contribution < 1.29 is 19.1 Å². The number of hydrogen-bond acceptors (Lipinski definition) is 6. The number of amides is 2. The summed E-state index contributed by atoms with van der Waals surface area (Å²) in [6.45, 7) is 4.99. The van der Waals surface area contributed by atoms with Gasteiger partial charge in [0.15, 0.2) is 6.61 Å². The number of carbonyl (C=O) groups is 2. The Morgan fingerprint density at radius 1 is 1.32 bits per heavy atom. The molecule has 0 aromatic heterocycles. The number of ether oxygens (including phenoxy) is 2. The van der Waals surface area contributed by atoms with E-state index >= 15 is 0 Å². The van der Waals surface area contributed by atoms with E-state index in [1.54, 1.807) is 29.2 Å². The van der Waals surface area contributed by atoms with E-state index in [1.807, 2.05) is 32.0 Å². The van der Waals surface area contributed by atoms with Gasteiger partial charge in [-0.1, -0.05) is 59.3 Å². The highest BCUT2D eigenvalue weighted by Gasteiger charge is 2.34. The number of rotatable bonds is 7. The first-order chi connectivity index (χ1) is 16.3. The van der Waals surface area contributed by atoms with Crippen molar-refractivity contribution in [1.29, 1.82) is 0 Å². The number of aryl methyl sites for hydroxylation is 2. The smallest absolute Gasteiger partial charge is 0.266 e. The molecule has 0 saturated carbocycles. The van der Waals surface area contributed by atoms with Gasteiger partial charge in [-0.15, -0.1) is 0 Å². The Balaban J connectivity index is 1.36. The standard InChI is InChI=1S/C25H25ClN2O4S2/c1-15-5-7-20(16(2)10-15)27-23(29)14-32-21-8-6-17(11-19(21)26)12-22-24(30)28(25(33)34-22)13-18-4-3-9-31-18/h5-8,10-12,18H,3-4,9,13-14H2,1-2H3,(H,27,29)/b22-12-/t18-/m0/s1. The summed E-state index contributed by atoms with van der Waals surface area (Å²) >= 11 is 13.1. The van der Waals surface area contributed by atoms with Gasteiger partial charge in [-0.3, -0.25) is 14.5 Å². The topological polar surface area (TPSA) is 67.9 Å². The molecule has 2 fully saturated rings. The maximum Gasteiger partial charge on any atom is 0.266 e. The number of halogens is 1. The highest BCUT2D eigenvalue weighted by molar-refractivity contribution is 8.26. The zero-order valence-corrected chi connectivity index (χ0v) is 21.3. The van der Waals surface area contributed by atoms with Crippen LogP contribution in [-0.4, -0.2) is 46.9 Å². The minimum absolute atomic E-state index is 0.0415. The second-order valence-electron chi connectivity index (χ2n) is 8.27. The van der Waals surface area contributed by atoms with Crippen LogP contribution < -0.4 is 10.1 Å². The molecule has 2 aliphatic heterocycles. The summed E-state index contributed by atoms with van der Waals surface area (Å²) in [5, 5.41) is 3.19. The molecule has 2 saturated heterocycles. The number of anilines is 1. The molecule has 2 heterocycles. The first kappa shape index (κ1) is 24.7. The number of benzene rings is 2. The summed E-state index contributed by atoms with van der Waals surface area (Å²) in [6, 6.07) is 11.0. The monoisotopic (exact) mass is 516 g/mol. The molecule has 0 bridgehead atoms. The predicted molar refractivity (Wildman–Crippen MR) is 140 cm³/mol. The molecule has 2 amide bonds. The lowest BCUT2D eigenvalue weighted by Crippen LogP contribution is -2.35. The van der Waals surface area contributed by atoms with Crippen molar-refractivity contribution >= 4 is 63.5 Å². The van der Waals surface area contributed by atoms with E-state index in [0.717, 1.165) is 41.8 Å². The van der Waals surface area contributed by atoms with Crippen molar-refractivity contribution in [2.75, 3.05) is 25.1 Å². The van der Waals surface area contributed by atoms with E-state index < -0.39 is 0 Å². The zero-order chi connectivity index (χ0) is 24.2. The van der Waals surface area contributed by atoms with E-state index in [2.05, 4.69) is 5.32 Å². The number of thioether (sulfide) groups is 1. The molecule has 0 radical (unpaired) electrons. The molecular formula is C25H25ClN2O4S2. The van der Waals surface area contributed by atoms with Crippen LogP contribution in [0, 0.1) is 13.8 Å². The molecule has 1 atom stereocenters. The van der Waals surface area contributed by atoms with Gasteiger partial charge >= 0.3 is 0 Å². The van der Waals surface area contributed by atoms with Crippen molar-refractivity contribution in [1.82, 2.24) is 4.90 Å². The van der Waals surface area contributed by atoms with Crippen LogP contribution in [0.15, 0.2) is 41.3 Å². The lowest BCUT2D eigenvalue weighted by atomic mass is 10.1. The Morgan fingerprint density at radius 3 is 2.85 bits per heavy atom. The third-order valence-electron chi connectivity index (χ3n) is 5.55. The van der Waals surface area contributed by atoms with Crippen LogP contribution in [0.5, 0.6) is 5.75 Å². The maximum absolute atomic E-state index is 12.8. The Hall–Kier alpha value is -2.39. The molecule has 178 valence electrons. The van der Waals surface area contributed by atoms with Gasteiger partial charge in [0.25, 0.3) is 11.8 Å². The Bertz CT molecular complexity index is 1160. The number of carbonyl (C=O) groups excluding carboxylic acids is 2. The van der Waals surface area contributed by atoms with Crippen LogP contribution in [0.2, 0.25) is 5.02 Å². The summed E-state index contributed by atoms with van der Waals surface area (Å²) in [7, 11) is 0. The first-order valence-electron chi connectivity index (χ1n) is 11.0. The molecule has 34 heavy (non-hydrogen) atoms. The molecule has 0 aliphatic carbocycles. The molecule has 2 aliphatic rings. The van der Waals surface area contributed by atoms with E-state index in [1.165, 1.54) is 11.8 Å². The van der Waals surface area contributed by atoms with Crippen molar-refractivity contribution in [2.45, 2.75) is 32.8 Å². The second-order valence-corrected chi connectivity index (χ2v) is 10.4. The molecule has 6 nitrogen and oxygen atoms in total. The van der Waals surface area contributed by atoms with Crippen LogP contribution in [0.4, 0.5) is 5.69 Å². The number of nitrogens with one attached hydrogen (secondary N) is 1. The minimum Gasteiger partial charge on any atom is -0.482 e. The van der Waals surface area contributed by atoms with Crippen LogP contribution in [0.3, 0.4) is 0 Å². The average molecular weight is 517 g/mol. The predicted octanol–water partition coefficient (Wildman–Crippen LogP) is 5.35. The van der Waals surface area contributed by atoms with E-state index in [0.29, 0.717) is 26.5 Å². The van der Waals surface area contributed by atoms with Crippen molar-refractivity contribution in [3.63, 3.8) is 0 Å². The van der Waals surface area contributed by atoms with Crippen LogP contribution in [-0.2, 0) is 14.3 Å².